The minimum atomic E-state index is -0.572. The molecule has 3 rings (SSSR count). The maximum atomic E-state index is 14.8. The first-order valence-electron chi connectivity index (χ1n) is 9.78. The van der Waals surface area contributed by atoms with Gasteiger partial charge in [0.2, 0.25) is 5.91 Å². The summed E-state index contributed by atoms with van der Waals surface area (Å²) in [5.41, 5.74) is 2.49. The molecule has 0 bridgehead atoms. The van der Waals surface area contributed by atoms with Gasteiger partial charge in [0.15, 0.2) is 0 Å². The normalized spacial score (nSPS) is 17.0. The van der Waals surface area contributed by atoms with Crippen molar-refractivity contribution in [3.8, 4) is 11.1 Å². The Balaban J connectivity index is 1.68. The Morgan fingerprint density at radius 2 is 2.00 bits per heavy atom. The molecule has 0 saturated carbocycles. The second-order valence-electron chi connectivity index (χ2n) is 7.35. The molecule has 8 heteroatoms. The summed E-state index contributed by atoms with van der Waals surface area (Å²) < 4.78 is 32.5. The molecule has 2 N–H and O–H groups in total. The molecule has 0 aliphatic carbocycles. The van der Waals surface area contributed by atoms with Crippen molar-refractivity contribution < 1.29 is 23.1 Å². The van der Waals surface area contributed by atoms with E-state index in [-0.39, 0.29) is 25.0 Å². The molecule has 1 heterocycles. The Morgan fingerprint density at radius 3 is 2.63 bits per heavy atom. The van der Waals surface area contributed by atoms with Crippen LogP contribution in [0.15, 0.2) is 42.5 Å². The zero-order chi connectivity index (χ0) is 21.7. The highest BCUT2D eigenvalue weighted by Gasteiger charge is 2.32. The lowest BCUT2D eigenvalue weighted by Gasteiger charge is -2.15. The molecular formula is C22H25F2N3O3. The number of anilines is 1. The van der Waals surface area contributed by atoms with E-state index in [2.05, 4.69) is 10.6 Å². The van der Waals surface area contributed by atoms with Crippen molar-refractivity contribution in [3.63, 3.8) is 0 Å². The molecule has 1 aliphatic rings. The number of benzene rings is 2. The number of ether oxygens (including phenoxy) is 1. The van der Waals surface area contributed by atoms with Crippen molar-refractivity contribution in [1.82, 2.24) is 10.6 Å². The Kier molecular flexibility index (Phi) is 6.99. The van der Waals surface area contributed by atoms with E-state index in [4.69, 9.17) is 4.74 Å². The summed E-state index contributed by atoms with van der Waals surface area (Å²) in [7, 11) is 0. The first kappa shape index (κ1) is 21.7. The van der Waals surface area contributed by atoms with Crippen molar-refractivity contribution in [2.24, 2.45) is 0 Å². The predicted molar refractivity (Wildman–Crippen MR) is 110 cm³/mol. The summed E-state index contributed by atoms with van der Waals surface area (Å²) in [5, 5.41) is 5.66. The number of nitrogens with zero attached hydrogens (tertiary/aromatic N) is 1. The summed E-state index contributed by atoms with van der Waals surface area (Å²) in [5.74, 6) is -0.666. The molecule has 0 spiro atoms. The van der Waals surface area contributed by atoms with E-state index in [0.717, 1.165) is 5.56 Å². The van der Waals surface area contributed by atoms with Gasteiger partial charge >= 0.3 is 6.09 Å². The van der Waals surface area contributed by atoms with Gasteiger partial charge < -0.3 is 15.4 Å². The maximum Gasteiger partial charge on any atom is 0.414 e. The monoisotopic (exact) mass is 417 g/mol. The predicted octanol–water partition coefficient (Wildman–Crippen LogP) is 3.40. The Bertz CT molecular complexity index is 905. The molecule has 1 fully saturated rings. The van der Waals surface area contributed by atoms with E-state index in [1.54, 1.807) is 19.1 Å². The Hall–Kier alpha value is -3.00. The van der Waals surface area contributed by atoms with Crippen LogP contribution in [0.2, 0.25) is 0 Å². The zero-order valence-electron chi connectivity index (χ0n) is 17.0. The van der Waals surface area contributed by atoms with Gasteiger partial charge in [0, 0.05) is 25.1 Å². The third-order valence-corrected chi connectivity index (χ3v) is 4.87. The second kappa shape index (κ2) is 9.67. The van der Waals surface area contributed by atoms with E-state index >= 15 is 0 Å². The number of nitrogens with one attached hydrogen (secondary N) is 2. The quantitative estimate of drug-likeness (QED) is 0.691. The molecular weight excluding hydrogens is 392 g/mol. The molecule has 2 amide bonds. The van der Waals surface area contributed by atoms with Gasteiger partial charge in [-0.3, -0.25) is 9.69 Å². The van der Waals surface area contributed by atoms with Crippen LogP contribution in [-0.4, -0.2) is 43.9 Å². The van der Waals surface area contributed by atoms with E-state index in [1.807, 2.05) is 24.3 Å². The smallest absolute Gasteiger partial charge is 0.414 e. The van der Waals surface area contributed by atoms with Crippen LogP contribution >= 0.6 is 0 Å². The zero-order valence-corrected chi connectivity index (χ0v) is 17.0. The average Bonchev–Trinajstić information content (AvgIpc) is 3.11. The molecule has 2 aromatic carbocycles. The first-order valence-corrected chi connectivity index (χ1v) is 9.78. The van der Waals surface area contributed by atoms with E-state index in [9.17, 15) is 18.4 Å². The third-order valence-electron chi connectivity index (χ3n) is 4.87. The minimum absolute atomic E-state index is 0.210. The van der Waals surface area contributed by atoms with Crippen LogP contribution in [0.25, 0.3) is 11.1 Å². The summed E-state index contributed by atoms with van der Waals surface area (Å²) >= 11 is 0. The highest BCUT2D eigenvalue weighted by atomic mass is 19.1. The van der Waals surface area contributed by atoms with Gasteiger partial charge in [-0.1, -0.05) is 24.3 Å². The molecule has 2 atom stereocenters. The summed E-state index contributed by atoms with van der Waals surface area (Å²) in [6.45, 7) is 3.69. The van der Waals surface area contributed by atoms with Gasteiger partial charge in [-0.2, -0.15) is 0 Å². The third kappa shape index (κ3) is 5.33. The van der Waals surface area contributed by atoms with Crippen molar-refractivity contribution in [1.29, 1.82) is 0 Å². The number of halogens is 2. The molecule has 2 unspecified atom stereocenters. The molecule has 30 heavy (non-hydrogen) atoms. The van der Waals surface area contributed by atoms with Crippen LogP contribution in [-0.2, 0) is 16.1 Å². The number of hydrogen-bond acceptors (Lipinski definition) is 4. The number of hydrogen-bond donors (Lipinski definition) is 2. The van der Waals surface area contributed by atoms with Crippen LogP contribution in [0.5, 0.6) is 0 Å². The SMILES string of the molecule is CC(=O)NCC1CN(c2ccc(-c3ccc(CNC(C)CF)cc3)c(F)c2)C(=O)O1. The fourth-order valence-electron chi connectivity index (χ4n) is 3.15. The van der Waals surface area contributed by atoms with Crippen LogP contribution in [0, 0.1) is 5.82 Å². The Labute approximate surface area is 174 Å². The molecule has 1 saturated heterocycles. The van der Waals surface area contributed by atoms with Gasteiger partial charge in [0.25, 0.3) is 0 Å². The van der Waals surface area contributed by atoms with Crippen molar-refractivity contribution in [2.45, 2.75) is 32.5 Å². The van der Waals surface area contributed by atoms with E-state index in [1.165, 1.54) is 17.9 Å². The van der Waals surface area contributed by atoms with Gasteiger partial charge in [0.1, 0.15) is 18.6 Å². The van der Waals surface area contributed by atoms with Gasteiger partial charge in [-0.15, -0.1) is 0 Å². The van der Waals surface area contributed by atoms with Crippen molar-refractivity contribution in [2.75, 3.05) is 24.7 Å². The van der Waals surface area contributed by atoms with Crippen LogP contribution in [0.4, 0.5) is 19.3 Å². The Morgan fingerprint density at radius 1 is 1.27 bits per heavy atom. The van der Waals surface area contributed by atoms with Crippen molar-refractivity contribution in [3.05, 3.63) is 53.8 Å². The first-order chi connectivity index (χ1) is 14.4. The van der Waals surface area contributed by atoms with Crippen LogP contribution in [0.3, 0.4) is 0 Å². The minimum Gasteiger partial charge on any atom is -0.442 e. The van der Waals surface area contributed by atoms with Crippen molar-refractivity contribution >= 4 is 17.7 Å². The molecule has 0 aromatic heterocycles. The molecule has 160 valence electrons. The number of carbonyl (C=O) groups is 2. The fourth-order valence-corrected chi connectivity index (χ4v) is 3.15. The molecule has 6 nitrogen and oxygen atoms in total. The van der Waals surface area contributed by atoms with Crippen LogP contribution < -0.4 is 15.5 Å². The highest BCUT2D eigenvalue weighted by Crippen LogP contribution is 2.29. The van der Waals surface area contributed by atoms with E-state index in [0.29, 0.717) is 23.4 Å². The highest BCUT2D eigenvalue weighted by molar-refractivity contribution is 5.90. The largest absolute Gasteiger partial charge is 0.442 e. The van der Waals surface area contributed by atoms with Gasteiger partial charge in [0.05, 0.1) is 18.8 Å². The lowest BCUT2D eigenvalue weighted by atomic mass is 10.0. The number of rotatable bonds is 8. The van der Waals surface area contributed by atoms with Gasteiger partial charge in [-0.25, -0.2) is 13.6 Å². The lowest BCUT2D eigenvalue weighted by molar-refractivity contribution is -0.119. The number of cyclic esters (lactones) is 1. The number of amides is 2. The summed E-state index contributed by atoms with van der Waals surface area (Å²) in [4.78, 5) is 24.5. The fraction of sp³-hybridized carbons (Fsp3) is 0.364. The van der Waals surface area contributed by atoms with Crippen LogP contribution in [0.1, 0.15) is 19.4 Å². The average molecular weight is 417 g/mol. The topological polar surface area (TPSA) is 70.7 Å². The number of alkyl halides is 1. The molecule has 2 aromatic rings. The lowest BCUT2D eigenvalue weighted by Crippen LogP contribution is -2.33. The maximum absolute atomic E-state index is 14.8. The molecule has 1 aliphatic heterocycles. The van der Waals surface area contributed by atoms with E-state index < -0.39 is 24.7 Å². The standard InChI is InChI=1S/C22H25F2N3O3/c1-14(10-23)25-11-16-3-5-17(6-4-16)20-8-7-18(9-21(20)24)27-13-19(30-22(27)29)12-26-15(2)28/h3-9,14,19,25H,10-13H2,1-2H3,(H,26,28). The summed E-state index contributed by atoms with van der Waals surface area (Å²) in [6.07, 6.45) is -1.05. The summed E-state index contributed by atoms with van der Waals surface area (Å²) in [6, 6.07) is 11.7. The molecule has 0 radical (unpaired) electrons. The second-order valence-corrected chi connectivity index (χ2v) is 7.35. The number of carbonyl (C=O) groups excluding carboxylic acids is 2. The van der Waals surface area contributed by atoms with Gasteiger partial charge in [-0.05, 0) is 36.2 Å².